The van der Waals surface area contributed by atoms with Crippen molar-refractivity contribution in [2.24, 2.45) is 5.73 Å². The highest BCUT2D eigenvalue weighted by molar-refractivity contribution is 5.82. The number of halogens is 3. The van der Waals surface area contributed by atoms with Gasteiger partial charge in [-0.15, -0.1) is 0 Å². The van der Waals surface area contributed by atoms with Crippen LogP contribution in [-0.2, 0) is 0 Å². The van der Waals surface area contributed by atoms with Gasteiger partial charge in [-0.25, -0.2) is 0 Å². The molecule has 4 nitrogen and oxygen atoms in total. The van der Waals surface area contributed by atoms with Crippen molar-refractivity contribution >= 4 is 11.3 Å². The van der Waals surface area contributed by atoms with Crippen molar-refractivity contribution in [1.82, 2.24) is 0 Å². The molecule has 0 saturated carbocycles. The lowest BCUT2D eigenvalue weighted by atomic mass is 9.86. The molecule has 0 spiro atoms. The number of hydrogen-bond acceptors (Lipinski definition) is 4. The van der Waals surface area contributed by atoms with Gasteiger partial charge in [-0.3, -0.25) is 0 Å². The number of anilines is 1. The highest BCUT2D eigenvalue weighted by Gasteiger charge is 2.43. The van der Waals surface area contributed by atoms with Gasteiger partial charge in [0.05, 0.1) is 11.6 Å². The molecule has 0 fully saturated rings. The Labute approximate surface area is 112 Å². The largest absolute Gasteiger partial charge is 0.416 e. The van der Waals surface area contributed by atoms with Crippen molar-refractivity contribution < 1.29 is 23.4 Å². The molecule has 0 amide bonds. The van der Waals surface area contributed by atoms with E-state index in [1.54, 1.807) is 0 Å². The fourth-order valence-electron chi connectivity index (χ4n) is 1.93. The summed E-state index contributed by atoms with van der Waals surface area (Å²) >= 11 is 0. The maximum atomic E-state index is 13.0. The molecule has 108 valence electrons. The molecule has 0 radical (unpaired) electrons. The summed E-state index contributed by atoms with van der Waals surface area (Å²) in [5.74, 6) is -2.54. The third-order valence-corrected chi connectivity index (χ3v) is 3.01. The summed E-state index contributed by atoms with van der Waals surface area (Å²) in [7, 11) is 0. The number of nitrogens with two attached hydrogens (primary N) is 2. The molecule has 0 bridgehead atoms. The van der Waals surface area contributed by atoms with Crippen LogP contribution in [0.25, 0.3) is 5.57 Å². The number of aliphatic hydroxyl groups is 2. The Morgan fingerprint density at radius 1 is 1.10 bits per heavy atom. The number of hydrogen-bond donors (Lipinski definition) is 4. The summed E-state index contributed by atoms with van der Waals surface area (Å²) in [4.78, 5) is 0. The van der Waals surface area contributed by atoms with Crippen LogP contribution in [0.3, 0.4) is 0 Å². The number of alkyl halides is 3. The lowest BCUT2D eigenvalue weighted by Crippen LogP contribution is -2.48. The fraction of sp³-hybridized carbons (Fsp3) is 0.231. The van der Waals surface area contributed by atoms with E-state index < -0.39 is 23.6 Å². The van der Waals surface area contributed by atoms with E-state index in [0.717, 1.165) is 0 Å². The Bertz CT molecular complexity index is 574. The normalized spacial score (nSPS) is 22.2. The van der Waals surface area contributed by atoms with Crippen molar-refractivity contribution in [3.05, 3.63) is 47.6 Å². The van der Waals surface area contributed by atoms with Crippen LogP contribution >= 0.6 is 0 Å². The Morgan fingerprint density at radius 3 is 2.15 bits per heavy atom. The molecular weight excluding hydrogens is 273 g/mol. The zero-order chi connectivity index (χ0) is 15.1. The molecule has 1 unspecified atom stereocenters. The lowest BCUT2D eigenvalue weighted by molar-refractivity contribution is -0.128. The summed E-state index contributed by atoms with van der Waals surface area (Å²) < 4.78 is 39.1. The lowest BCUT2D eigenvalue weighted by Gasteiger charge is -2.31. The molecule has 0 heterocycles. The summed E-state index contributed by atoms with van der Waals surface area (Å²) in [6.07, 6.45) is -3.35. The van der Waals surface area contributed by atoms with Crippen molar-refractivity contribution in [2.75, 3.05) is 5.73 Å². The van der Waals surface area contributed by atoms with Gasteiger partial charge in [-0.1, -0.05) is 12.1 Å². The van der Waals surface area contributed by atoms with E-state index in [1.165, 1.54) is 24.3 Å². The Hall–Kier alpha value is -1.83. The monoisotopic (exact) mass is 286 g/mol. The van der Waals surface area contributed by atoms with Crippen LogP contribution in [0, 0.1) is 0 Å². The molecule has 0 saturated heterocycles. The van der Waals surface area contributed by atoms with Gasteiger partial charge in [0.15, 0.2) is 0 Å². The Kier molecular flexibility index (Phi) is 3.37. The number of benzene rings is 1. The van der Waals surface area contributed by atoms with Crippen LogP contribution in [0.2, 0.25) is 0 Å². The third-order valence-electron chi connectivity index (χ3n) is 3.01. The van der Waals surface area contributed by atoms with E-state index in [1.807, 2.05) is 0 Å². The van der Waals surface area contributed by atoms with E-state index in [2.05, 4.69) is 0 Å². The van der Waals surface area contributed by atoms with E-state index in [-0.39, 0.29) is 11.1 Å². The number of nitrogen functional groups attached to an aromatic ring is 1. The number of allylic oxidation sites excluding steroid dienone is 2. The quantitative estimate of drug-likeness (QED) is 0.460. The summed E-state index contributed by atoms with van der Waals surface area (Å²) in [5.41, 5.74) is 10.0. The van der Waals surface area contributed by atoms with Gasteiger partial charge < -0.3 is 21.7 Å². The van der Waals surface area contributed by atoms with Gasteiger partial charge in [0, 0.05) is 5.69 Å². The summed E-state index contributed by atoms with van der Waals surface area (Å²) in [6, 6.07) is 4.03. The average molecular weight is 286 g/mol. The maximum Gasteiger partial charge on any atom is 0.416 e. The van der Waals surface area contributed by atoms with E-state index in [0.29, 0.717) is 17.8 Å². The SMILES string of the molecule is Nc1ccc(C2=CC(O)(O)C(N)C=C2C(F)(F)F)cc1. The van der Waals surface area contributed by atoms with Crippen LogP contribution in [0.5, 0.6) is 0 Å². The molecule has 1 aromatic rings. The Morgan fingerprint density at radius 2 is 1.65 bits per heavy atom. The average Bonchev–Trinajstić information content (AvgIpc) is 2.32. The zero-order valence-corrected chi connectivity index (χ0v) is 10.2. The topological polar surface area (TPSA) is 92.5 Å². The van der Waals surface area contributed by atoms with Gasteiger partial charge in [0.2, 0.25) is 5.79 Å². The first-order valence-corrected chi connectivity index (χ1v) is 5.70. The molecular formula is C13H13F3N2O2. The van der Waals surface area contributed by atoms with Crippen LogP contribution in [0.15, 0.2) is 42.0 Å². The minimum absolute atomic E-state index is 0.169. The van der Waals surface area contributed by atoms with E-state index >= 15 is 0 Å². The molecule has 1 atom stereocenters. The predicted octanol–water partition coefficient (Wildman–Crippen LogP) is 1.16. The van der Waals surface area contributed by atoms with Gasteiger partial charge in [-0.2, -0.15) is 13.2 Å². The smallest absolute Gasteiger partial charge is 0.399 e. The standard InChI is InChI=1S/C13H13F3N2O2/c14-13(15,16)10-5-11(18)12(19,20)6-9(10)7-1-3-8(17)4-2-7/h1-6,11,19-20H,17-18H2. The fourth-order valence-corrected chi connectivity index (χ4v) is 1.93. The van der Waals surface area contributed by atoms with Crippen LogP contribution in [0.1, 0.15) is 5.56 Å². The molecule has 6 N–H and O–H groups in total. The zero-order valence-electron chi connectivity index (χ0n) is 10.2. The van der Waals surface area contributed by atoms with Crippen molar-refractivity contribution in [1.29, 1.82) is 0 Å². The predicted molar refractivity (Wildman–Crippen MR) is 68.1 cm³/mol. The molecule has 1 aliphatic rings. The second-order valence-corrected chi connectivity index (χ2v) is 4.57. The first kappa shape index (κ1) is 14.6. The maximum absolute atomic E-state index is 13.0. The molecule has 2 rings (SSSR count). The first-order valence-electron chi connectivity index (χ1n) is 5.70. The highest BCUT2D eigenvalue weighted by atomic mass is 19.4. The second kappa shape index (κ2) is 4.62. The van der Waals surface area contributed by atoms with E-state index in [9.17, 15) is 23.4 Å². The minimum atomic E-state index is -4.65. The van der Waals surface area contributed by atoms with Crippen molar-refractivity contribution in [3.8, 4) is 0 Å². The van der Waals surface area contributed by atoms with E-state index in [4.69, 9.17) is 11.5 Å². The van der Waals surface area contributed by atoms with Gasteiger partial charge >= 0.3 is 6.18 Å². The Balaban J connectivity index is 2.56. The van der Waals surface area contributed by atoms with Crippen molar-refractivity contribution in [2.45, 2.75) is 18.0 Å². The summed E-state index contributed by atoms with van der Waals surface area (Å²) in [5, 5.41) is 19.3. The highest BCUT2D eigenvalue weighted by Crippen LogP contribution is 2.40. The molecule has 0 aliphatic heterocycles. The third kappa shape index (κ3) is 2.69. The van der Waals surface area contributed by atoms with Crippen molar-refractivity contribution in [3.63, 3.8) is 0 Å². The van der Waals surface area contributed by atoms with Gasteiger partial charge in [-0.05, 0) is 35.4 Å². The first-order chi connectivity index (χ1) is 9.11. The molecule has 1 aromatic carbocycles. The van der Waals surface area contributed by atoms with Crippen LogP contribution in [-0.4, -0.2) is 28.2 Å². The number of rotatable bonds is 1. The molecule has 7 heteroatoms. The van der Waals surface area contributed by atoms with Crippen LogP contribution in [0.4, 0.5) is 18.9 Å². The molecule has 1 aliphatic carbocycles. The second-order valence-electron chi connectivity index (χ2n) is 4.57. The van der Waals surface area contributed by atoms with Gasteiger partial charge in [0.25, 0.3) is 0 Å². The summed E-state index contributed by atoms with van der Waals surface area (Å²) in [6.45, 7) is 0. The molecule has 20 heavy (non-hydrogen) atoms. The minimum Gasteiger partial charge on any atom is -0.399 e. The molecule has 0 aromatic heterocycles. The van der Waals surface area contributed by atoms with Gasteiger partial charge in [0.1, 0.15) is 0 Å². The van der Waals surface area contributed by atoms with Crippen LogP contribution < -0.4 is 11.5 Å².